The number of hydrogen-bond donors (Lipinski definition) is 1. The van der Waals surface area contributed by atoms with Gasteiger partial charge in [-0.3, -0.25) is 4.98 Å². The molecule has 0 saturated heterocycles. The van der Waals surface area contributed by atoms with Gasteiger partial charge in [0.15, 0.2) is 0 Å². The summed E-state index contributed by atoms with van der Waals surface area (Å²) in [4.78, 5) is 4.12. The van der Waals surface area contributed by atoms with E-state index in [-0.39, 0.29) is 11.9 Å². The van der Waals surface area contributed by atoms with Crippen LogP contribution in [0.3, 0.4) is 0 Å². The van der Waals surface area contributed by atoms with Crippen LogP contribution in [0.25, 0.3) is 0 Å². The first kappa shape index (κ1) is 13.2. The lowest BCUT2D eigenvalue weighted by Crippen LogP contribution is -2.19. The highest BCUT2D eigenvalue weighted by Gasteiger charge is 2.12. The van der Waals surface area contributed by atoms with Crippen molar-refractivity contribution in [2.75, 3.05) is 7.05 Å². The van der Waals surface area contributed by atoms with Crippen LogP contribution in [-0.2, 0) is 6.42 Å². The van der Waals surface area contributed by atoms with Gasteiger partial charge in [0.25, 0.3) is 0 Å². The maximum absolute atomic E-state index is 13.0. The van der Waals surface area contributed by atoms with E-state index in [0.29, 0.717) is 0 Å². The molecule has 2 aromatic rings. The summed E-state index contributed by atoms with van der Waals surface area (Å²) in [6, 6.07) is 8.90. The molecule has 0 spiro atoms. The number of hydrogen-bond acceptors (Lipinski definition) is 2. The molecule has 0 saturated carbocycles. The Labute approximate surface area is 114 Å². The first-order chi connectivity index (χ1) is 8.70. The number of rotatable bonds is 4. The van der Waals surface area contributed by atoms with E-state index in [1.54, 1.807) is 12.3 Å². The van der Waals surface area contributed by atoms with Gasteiger partial charge in [0.05, 0.1) is 0 Å². The SMILES string of the molecule is CNC(Cc1ccc(F)cc1Br)c1cccnc1. The molecular formula is C14H14BrFN2. The van der Waals surface area contributed by atoms with Crippen LogP contribution in [0.4, 0.5) is 4.39 Å². The van der Waals surface area contributed by atoms with Gasteiger partial charge in [-0.25, -0.2) is 4.39 Å². The first-order valence-electron chi connectivity index (χ1n) is 5.72. The predicted molar refractivity (Wildman–Crippen MR) is 73.8 cm³/mol. The fourth-order valence-electron chi connectivity index (χ4n) is 1.88. The van der Waals surface area contributed by atoms with Crippen LogP contribution in [-0.4, -0.2) is 12.0 Å². The van der Waals surface area contributed by atoms with Crippen molar-refractivity contribution >= 4 is 15.9 Å². The average Bonchev–Trinajstić information content (AvgIpc) is 2.39. The van der Waals surface area contributed by atoms with Crippen molar-refractivity contribution in [3.05, 3.63) is 64.1 Å². The molecule has 0 bridgehead atoms. The molecule has 94 valence electrons. The fraction of sp³-hybridized carbons (Fsp3) is 0.214. The number of benzene rings is 1. The van der Waals surface area contributed by atoms with Crippen LogP contribution >= 0.6 is 15.9 Å². The van der Waals surface area contributed by atoms with Gasteiger partial charge >= 0.3 is 0 Å². The largest absolute Gasteiger partial charge is 0.313 e. The summed E-state index contributed by atoms with van der Waals surface area (Å²) in [6.07, 6.45) is 4.38. The Morgan fingerprint density at radius 3 is 2.83 bits per heavy atom. The summed E-state index contributed by atoms with van der Waals surface area (Å²) in [6.45, 7) is 0. The third-order valence-corrected chi connectivity index (χ3v) is 3.61. The molecule has 0 aliphatic carbocycles. The van der Waals surface area contributed by atoms with Gasteiger partial charge in [0.1, 0.15) is 5.82 Å². The van der Waals surface area contributed by atoms with Crippen molar-refractivity contribution in [2.24, 2.45) is 0 Å². The van der Waals surface area contributed by atoms with Crippen molar-refractivity contribution in [3.63, 3.8) is 0 Å². The minimum atomic E-state index is -0.229. The monoisotopic (exact) mass is 308 g/mol. The molecule has 2 rings (SSSR count). The Hall–Kier alpha value is -1.26. The molecule has 0 amide bonds. The number of likely N-dealkylation sites (N-methyl/N-ethyl adjacent to an activating group) is 1. The Balaban J connectivity index is 2.21. The highest BCUT2D eigenvalue weighted by molar-refractivity contribution is 9.10. The van der Waals surface area contributed by atoms with E-state index < -0.39 is 0 Å². The third-order valence-electron chi connectivity index (χ3n) is 2.87. The van der Waals surface area contributed by atoms with Crippen molar-refractivity contribution < 1.29 is 4.39 Å². The van der Waals surface area contributed by atoms with Crippen LogP contribution in [0.5, 0.6) is 0 Å². The lowest BCUT2D eigenvalue weighted by molar-refractivity contribution is 0.585. The molecule has 1 atom stereocenters. The van der Waals surface area contributed by atoms with Crippen LogP contribution in [0.2, 0.25) is 0 Å². The Kier molecular flexibility index (Phi) is 4.44. The zero-order chi connectivity index (χ0) is 13.0. The van der Waals surface area contributed by atoms with E-state index in [2.05, 4.69) is 26.2 Å². The second-order valence-corrected chi connectivity index (χ2v) is 4.92. The number of pyridine rings is 1. The zero-order valence-corrected chi connectivity index (χ0v) is 11.6. The summed E-state index contributed by atoms with van der Waals surface area (Å²) < 4.78 is 13.8. The second kappa shape index (κ2) is 6.07. The number of nitrogens with zero attached hydrogens (tertiary/aromatic N) is 1. The molecule has 1 aromatic heterocycles. The molecule has 1 N–H and O–H groups in total. The third kappa shape index (κ3) is 3.15. The van der Waals surface area contributed by atoms with E-state index in [1.807, 2.05) is 25.4 Å². The van der Waals surface area contributed by atoms with Gasteiger partial charge in [-0.05, 0) is 42.8 Å². The standard InChI is InChI=1S/C14H14BrFN2/c1-17-14(11-3-2-6-18-9-11)7-10-4-5-12(16)8-13(10)15/h2-6,8-9,14,17H,7H2,1H3. The minimum absolute atomic E-state index is 0.167. The van der Waals surface area contributed by atoms with Gasteiger partial charge in [-0.15, -0.1) is 0 Å². The summed E-state index contributed by atoms with van der Waals surface area (Å²) in [5, 5.41) is 3.25. The fourth-order valence-corrected chi connectivity index (χ4v) is 2.39. The van der Waals surface area contributed by atoms with Gasteiger partial charge in [0.2, 0.25) is 0 Å². The molecule has 2 nitrogen and oxygen atoms in total. The lowest BCUT2D eigenvalue weighted by atomic mass is 10.0. The second-order valence-electron chi connectivity index (χ2n) is 4.07. The number of nitrogens with one attached hydrogen (secondary N) is 1. The van der Waals surface area contributed by atoms with E-state index in [9.17, 15) is 4.39 Å². The van der Waals surface area contributed by atoms with Crippen molar-refractivity contribution in [2.45, 2.75) is 12.5 Å². The van der Waals surface area contributed by atoms with Gasteiger partial charge < -0.3 is 5.32 Å². The summed E-state index contributed by atoms with van der Waals surface area (Å²) in [7, 11) is 1.91. The molecule has 18 heavy (non-hydrogen) atoms. The number of aromatic nitrogens is 1. The van der Waals surface area contributed by atoms with Crippen molar-refractivity contribution in [1.29, 1.82) is 0 Å². The maximum atomic E-state index is 13.0. The molecule has 0 aliphatic rings. The summed E-state index contributed by atoms with van der Waals surface area (Å²) in [5.41, 5.74) is 2.19. The minimum Gasteiger partial charge on any atom is -0.313 e. The predicted octanol–water partition coefficient (Wildman–Crippen LogP) is 3.49. The highest BCUT2D eigenvalue weighted by Crippen LogP contribution is 2.24. The molecule has 1 heterocycles. The average molecular weight is 309 g/mol. The summed E-state index contributed by atoms with van der Waals surface area (Å²) >= 11 is 3.39. The number of halogens is 2. The zero-order valence-electron chi connectivity index (χ0n) is 10.0. The molecular weight excluding hydrogens is 295 g/mol. The Morgan fingerprint density at radius 1 is 1.39 bits per heavy atom. The van der Waals surface area contributed by atoms with Crippen LogP contribution in [0.15, 0.2) is 47.2 Å². The molecule has 1 unspecified atom stereocenters. The molecule has 1 aromatic carbocycles. The molecule has 4 heteroatoms. The van der Waals surface area contributed by atoms with Crippen molar-refractivity contribution in [3.8, 4) is 0 Å². The smallest absolute Gasteiger partial charge is 0.124 e. The Bertz CT molecular complexity index is 516. The molecule has 0 fully saturated rings. The van der Waals surface area contributed by atoms with Crippen LogP contribution in [0.1, 0.15) is 17.2 Å². The van der Waals surface area contributed by atoms with Crippen LogP contribution < -0.4 is 5.32 Å². The van der Waals surface area contributed by atoms with E-state index in [1.165, 1.54) is 12.1 Å². The first-order valence-corrected chi connectivity index (χ1v) is 6.51. The normalized spacial score (nSPS) is 12.4. The Morgan fingerprint density at radius 2 is 2.22 bits per heavy atom. The topological polar surface area (TPSA) is 24.9 Å². The van der Waals surface area contributed by atoms with Gasteiger partial charge in [-0.1, -0.05) is 28.1 Å². The molecule has 0 aliphatic heterocycles. The maximum Gasteiger partial charge on any atom is 0.124 e. The highest BCUT2D eigenvalue weighted by atomic mass is 79.9. The van der Waals surface area contributed by atoms with E-state index in [0.717, 1.165) is 22.0 Å². The van der Waals surface area contributed by atoms with Gasteiger partial charge in [0, 0.05) is 22.9 Å². The quantitative estimate of drug-likeness (QED) is 0.935. The van der Waals surface area contributed by atoms with E-state index >= 15 is 0 Å². The summed E-state index contributed by atoms with van der Waals surface area (Å²) in [5.74, 6) is -0.229. The van der Waals surface area contributed by atoms with Gasteiger partial charge in [-0.2, -0.15) is 0 Å². The van der Waals surface area contributed by atoms with Crippen molar-refractivity contribution in [1.82, 2.24) is 10.3 Å². The van der Waals surface area contributed by atoms with E-state index in [4.69, 9.17) is 0 Å². The van der Waals surface area contributed by atoms with Crippen LogP contribution in [0, 0.1) is 5.82 Å². The lowest BCUT2D eigenvalue weighted by Gasteiger charge is -2.17. The molecule has 0 radical (unpaired) electrons.